The Morgan fingerprint density at radius 3 is 2.50 bits per heavy atom. The Bertz CT molecular complexity index is 645. The van der Waals surface area contributed by atoms with E-state index < -0.39 is 0 Å². The first-order chi connectivity index (χ1) is 12.8. The maximum absolute atomic E-state index is 11.8. The number of carbonyl (C=O) groups excluding carboxylic acids is 1. The third-order valence-electron chi connectivity index (χ3n) is 4.88. The van der Waals surface area contributed by atoms with E-state index in [0.29, 0.717) is 6.79 Å². The molecule has 1 fully saturated rings. The van der Waals surface area contributed by atoms with Crippen LogP contribution in [-0.2, 0) is 4.79 Å². The summed E-state index contributed by atoms with van der Waals surface area (Å²) >= 11 is 0. The van der Waals surface area contributed by atoms with Crippen LogP contribution >= 0.6 is 0 Å². The summed E-state index contributed by atoms with van der Waals surface area (Å²) in [6.45, 7) is 2.19. The van der Waals surface area contributed by atoms with Gasteiger partial charge in [-0.2, -0.15) is 0 Å². The van der Waals surface area contributed by atoms with Crippen molar-refractivity contribution in [1.82, 2.24) is 4.90 Å². The lowest BCUT2D eigenvalue weighted by atomic mass is 10.1. The molecule has 0 unspecified atom stereocenters. The van der Waals surface area contributed by atoms with E-state index in [-0.39, 0.29) is 5.91 Å². The predicted octanol–water partition coefficient (Wildman–Crippen LogP) is 4.95. The van der Waals surface area contributed by atoms with Crippen LogP contribution in [0.25, 0.3) is 6.08 Å². The summed E-state index contributed by atoms with van der Waals surface area (Å²) in [7, 11) is 0. The Hall–Kier alpha value is -2.23. The zero-order valence-corrected chi connectivity index (χ0v) is 15.5. The van der Waals surface area contributed by atoms with Crippen LogP contribution in [0.3, 0.4) is 0 Å². The van der Waals surface area contributed by atoms with Gasteiger partial charge in [0.05, 0.1) is 0 Å². The van der Waals surface area contributed by atoms with Gasteiger partial charge in [0.1, 0.15) is 0 Å². The van der Waals surface area contributed by atoms with E-state index >= 15 is 0 Å². The molecule has 0 radical (unpaired) electrons. The summed E-state index contributed by atoms with van der Waals surface area (Å²) in [5, 5.41) is 0. The minimum absolute atomic E-state index is 0.191. The average Bonchev–Trinajstić information content (AvgIpc) is 3.34. The van der Waals surface area contributed by atoms with E-state index in [2.05, 4.69) is 18.2 Å². The first-order valence-corrected chi connectivity index (χ1v) is 9.84. The monoisotopic (exact) mass is 355 g/mol. The van der Waals surface area contributed by atoms with Gasteiger partial charge in [-0.05, 0) is 62.3 Å². The van der Waals surface area contributed by atoms with E-state index in [1.165, 1.54) is 19.3 Å². The fraction of sp³-hybridized carbons (Fsp3) is 0.500. The van der Waals surface area contributed by atoms with Crippen LogP contribution in [0, 0.1) is 0 Å². The van der Waals surface area contributed by atoms with Crippen molar-refractivity contribution in [2.75, 3.05) is 19.9 Å². The van der Waals surface area contributed by atoms with Crippen molar-refractivity contribution in [3.05, 3.63) is 42.0 Å². The van der Waals surface area contributed by atoms with Crippen LogP contribution in [0.2, 0.25) is 0 Å². The molecule has 0 aromatic heterocycles. The fourth-order valence-electron chi connectivity index (χ4n) is 3.34. The third-order valence-corrected chi connectivity index (χ3v) is 4.88. The molecule has 0 aliphatic carbocycles. The second-order valence-corrected chi connectivity index (χ2v) is 6.94. The van der Waals surface area contributed by atoms with Gasteiger partial charge in [-0.3, -0.25) is 4.79 Å². The molecule has 4 nitrogen and oxygen atoms in total. The number of fused-ring (bicyclic) bond motifs is 1. The molecule has 0 N–H and O–H groups in total. The maximum Gasteiger partial charge on any atom is 0.246 e. The van der Waals surface area contributed by atoms with Crippen LogP contribution in [-0.4, -0.2) is 30.7 Å². The lowest BCUT2D eigenvalue weighted by molar-refractivity contribution is -0.125. The average molecular weight is 355 g/mol. The minimum Gasteiger partial charge on any atom is -0.454 e. The topological polar surface area (TPSA) is 38.8 Å². The molecule has 26 heavy (non-hydrogen) atoms. The van der Waals surface area contributed by atoms with Crippen molar-refractivity contribution < 1.29 is 14.3 Å². The Labute approximate surface area is 156 Å². The van der Waals surface area contributed by atoms with Crippen LogP contribution in [0.15, 0.2) is 36.4 Å². The van der Waals surface area contributed by atoms with Crippen molar-refractivity contribution in [2.24, 2.45) is 0 Å². The number of ether oxygens (including phenoxy) is 2. The van der Waals surface area contributed by atoms with Crippen LogP contribution in [0.1, 0.15) is 56.9 Å². The van der Waals surface area contributed by atoms with Crippen LogP contribution in [0.4, 0.5) is 0 Å². The zero-order valence-electron chi connectivity index (χ0n) is 15.5. The van der Waals surface area contributed by atoms with Gasteiger partial charge in [0.25, 0.3) is 0 Å². The summed E-state index contributed by atoms with van der Waals surface area (Å²) < 4.78 is 10.7. The van der Waals surface area contributed by atoms with E-state index in [0.717, 1.165) is 62.3 Å². The van der Waals surface area contributed by atoms with Crippen molar-refractivity contribution in [2.45, 2.75) is 51.4 Å². The summed E-state index contributed by atoms with van der Waals surface area (Å²) in [6.07, 6.45) is 17.4. The first-order valence-electron chi connectivity index (χ1n) is 9.84. The van der Waals surface area contributed by atoms with E-state index in [1.54, 1.807) is 6.08 Å². The lowest BCUT2D eigenvalue weighted by Gasteiger charge is -2.11. The highest BCUT2D eigenvalue weighted by molar-refractivity contribution is 5.87. The smallest absolute Gasteiger partial charge is 0.246 e. The second kappa shape index (κ2) is 10.0. The van der Waals surface area contributed by atoms with Crippen molar-refractivity contribution in [3.63, 3.8) is 0 Å². The predicted molar refractivity (Wildman–Crippen MR) is 104 cm³/mol. The highest BCUT2D eigenvalue weighted by Crippen LogP contribution is 2.32. The van der Waals surface area contributed by atoms with Gasteiger partial charge in [-0.15, -0.1) is 0 Å². The number of unbranched alkanes of at least 4 members (excludes halogenated alkanes) is 5. The first kappa shape index (κ1) is 18.6. The molecule has 2 aliphatic rings. The number of carbonyl (C=O) groups is 1. The van der Waals surface area contributed by atoms with Crippen molar-refractivity contribution in [3.8, 4) is 11.5 Å². The van der Waals surface area contributed by atoms with Crippen molar-refractivity contribution in [1.29, 1.82) is 0 Å². The highest BCUT2D eigenvalue weighted by Gasteiger charge is 2.14. The summed E-state index contributed by atoms with van der Waals surface area (Å²) in [5.74, 6) is 1.86. The molecule has 3 rings (SSSR count). The maximum atomic E-state index is 11.8. The van der Waals surface area contributed by atoms with Gasteiger partial charge in [0.2, 0.25) is 12.7 Å². The molecule has 1 aromatic carbocycles. The van der Waals surface area contributed by atoms with Gasteiger partial charge < -0.3 is 14.4 Å². The molecular formula is C22H29NO3. The normalized spacial score (nSPS) is 16.2. The number of amides is 1. The molecule has 1 amide bonds. The van der Waals surface area contributed by atoms with Gasteiger partial charge in [-0.1, -0.05) is 37.1 Å². The van der Waals surface area contributed by atoms with Crippen molar-refractivity contribution >= 4 is 12.0 Å². The largest absolute Gasteiger partial charge is 0.454 e. The van der Waals surface area contributed by atoms with Gasteiger partial charge in [0, 0.05) is 13.1 Å². The molecule has 4 heteroatoms. The number of nitrogens with zero attached hydrogens (tertiary/aromatic N) is 1. The zero-order chi connectivity index (χ0) is 18.0. The SMILES string of the molecule is O=C(C=CCCCCCCC=Cc1ccc2c(c1)OCO2)N1CCCC1. The third kappa shape index (κ3) is 5.65. The molecule has 2 heterocycles. The number of likely N-dealkylation sites (tertiary alicyclic amines) is 1. The molecule has 0 spiro atoms. The van der Waals surface area contributed by atoms with Gasteiger partial charge in [0.15, 0.2) is 11.5 Å². The molecule has 1 saturated heterocycles. The minimum atomic E-state index is 0.191. The fourth-order valence-corrected chi connectivity index (χ4v) is 3.34. The van der Waals surface area contributed by atoms with Crippen LogP contribution < -0.4 is 9.47 Å². The quantitative estimate of drug-likeness (QED) is 0.465. The molecule has 1 aromatic rings. The number of hydrogen-bond donors (Lipinski definition) is 0. The van der Waals surface area contributed by atoms with E-state index in [9.17, 15) is 4.79 Å². The molecule has 2 aliphatic heterocycles. The standard InChI is InChI=1S/C22H29NO3/c24-22(23-15-9-10-16-23)12-8-6-4-2-1-3-5-7-11-19-13-14-20-21(17-19)26-18-25-20/h7-8,11-14,17H,1-6,9-10,15-16,18H2. The van der Waals surface area contributed by atoms with Gasteiger partial charge in [-0.25, -0.2) is 0 Å². The van der Waals surface area contributed by atoms with E-state index in [1.807, 2.05) is 23.1 Å². The molecule has 0 atom stereocenters. The molecule has 0 saturated carbocycles. The number of rotatable bonds is 9. The number of hydrogen-bond acceptors (Lipinski definition) is 3. The number of benzene rings is 1. The lowest BCUT2D eigenvalue weighted by Crippen LogP contribution is -2.25. The summed E-state index contributed by atoms with van der Waals surface area (Å²) in [5.41, 5.74) is 1.15. The molecule has 140 valence electrons. The highest BCUT2D eigenvalue weighted by atomic mass is 16.7. The summed E-state index contributed by atoms with van der Waals surface area (Å²) in [6, 6.07) is 6.04. The number of allylic oxidation sites excluding steroid dienone is 2. The Morgan fingerprint density at radius 1 is 0.962 bits per heavy atom. The molecular weight excluding hydrogens is 326 g/mol. The Morgan fingerprint density at radius 2 is 1.69 bits per heavy atom. The van der Waals surface area contributed by atoms with Crippen LogP contribution in [0.5, 0.6) is 11.5 Å². The Kier molecular flexibility index (Phi) is 7.17. The second-order valence-electron chi connectivity index (χ2n) is 6.94. The van der Waals surface area contributed by atoms with E-state index in [4.69, 9.17) is 9.47 Å². The van der Waals surface area contributed by atoms with Gasteiger partial charge >= 0.3 is 0 Å². The molecule has 0 bridgehead atoms. The summed E-state index contributed by atoms with van der Waals surface area (Å²) in [4.78, 5) is 13.8. The Balaban J connectivity index is 1.22.